The van der Waals surface area contributed by atoms with Gasteiger partial charge in [0.25, 0.3) is 0 Å². The van der Waals surface area contributed by atoms with Crippen LogP contribution in [0, 0.1) is 5.92 Å². The minimum absolute atomic E-state index is 0.0687. The van der Waals surface area contributed by atoms with E-state index in [0.717, 1.165) is 10.6 Å². The van der Waals surface area contributed by atoms with Crippen LogP contribution >= 0.6 is 11.6 Å². The molecular weight excluding hydrogens is 352 g/mol. The Balaban J connectivity index is 3.19. The van der Waals surface area contributed by atoms with E-state index in [1.165, 1.54) is 13.2 Å². The van der Waals surface area contributed by atoms with Gasteiger partial charge in [-0.25, -0.2) is 8.42 Å². The van der Waals surface area contributed by atoms with E-state index in [2.05, 4.69) is 5.32 Å². The molecule has 0 spiro atoms. The molecule has 0 saturated carbocycles. The number of ether oxygens (including phenoxy) is 1. The lowest BCUT2D eigenvalue weighted by atomic mass is 10.1. The van der Waals surface area contributed by atoms with Gasteiger partial charge in [0.1, 0.15) is 11.8 Å². The number of hydrogen-bond acceptors (Lipinski definition) is 4. The number of sulfonamides is 1. The molecule has 1 aromatic carbocycles. The molecule has 2 atom stereocenters. The molecule has 0 aliphatic rings. The van der Waals surface area contributed by atoms with E-state index in [1.54, 1.807) is 19.1 Å². The molecule has 0 radical (unpaired) electrons. The predicted molar refractivity (Wildman–Crippen MR) is 97.2 cm³/mol. The molecule has 24 heavy (non-hydrogen) atoms. The monoisotopic (exact) mass is 376 g/mol. The average molecular weight is 377 g/mol. The van der Waals surface area contributed by atoms with Gasteiger partial charge in [-0.05, 0) is 38.0 Å². The number of benzene rings is 1. The summed E-state index contributed by atoms with van der Waals surface area (Å²) in [5.74, 6) is 0.302. The Hall–Kier alpha value is -1.47. The van der Waals surface area contributed by atoms with Crippen LogP contribution < -0.4 is 14.4 Å². The summed E-state index contributed by atoms with van der Waals surface area (Å²) in [6, 6.07) is 3.61. The van der Waals surface area contributed by atoms with Crippen LogP contribution in [-0.4, -0.2) is 39.8 Å². The zero-order valence-electron chi connectivity index (χ0n) is 14.8. The topological polar surface area (TPSA) is 75.7 Å². The van der Waals surface area contributed by atoms with E-state index in [4.69, 9.17) is 16.3 Å². The van der Waals surface area contributed by atoms with Crippen molar-refractivity contribution in [2.75, 3.05) is 17.7 Å². The van der Waals surface area contributed by atoms with Gasteiger partial charge in [0.05, 0.1) is 24.1 Å². The molecule has 0 heterocycles. The first-order valence-electron chi connectivity index (χ1n) is 7.62. The maximum atomic E-state index is 12.5. The molecule has 0 aliphatic heterocycles. The fourth-order valence-electron chi connectivity index (χ4n) is 2.11. The number of nitrogens with one attached hydrogen (secondary N) is 1. The Morgan fingerprint density at radius 2 is 1.83 bits per heavy atom. The van der Waals surface area contributed by atoms with E-state index in [1.807, 2.05) is 20.8 Å². The average Bonchev–Trinajstić information content (AvgIpc) is 2.45. The molecule has 1 N–H and O–H groups in total. The van der Waals surface area contributed by atoms with Crippen LogP contribution in [0.25, 0.3) is 0 Å². The largest absolute Gasteiger partial charge is 0.495 e. The lowest BCUT2D eigenvalue weighted by Crippen LogP contribution is -2.50. The Labute approximate surface area is 149 Å². The lowest BCUT2D eigenvalue weighted by molar-refractivity contribution is -0.122. The Bertz CT molecular complexity index is 691. The van der Waals surface area contributed by atoms with E-state index >= 15 is 0 Å². The zero-order valence-corrected chi connectivity index (χ0v) is 16.4. The number of carbonyl (C=O) groups excluding carboxylic acids is 1. The minimum atomic E-state index is -3.68. The molecular formula is C16H25ClN2O4S. The molecule has 136 valence electrons. The molecule has 0 fully saturated rings. The summed E-state index contributed by atoms with van der Waals surface area (Å²) in [5.41, 5.74) is 0.308. The van der Waals surface area contributed by atoms with Gasteiger partial charge >= 0.3 is 0 Å². The molecule has 1 rings (SSSR count). The fourth-order valence-corrected chi connectivity index (χ4v) is 3.53. The molecule has 1 aromatic rings. The second-order valence-corrected chi connectivity index (χ2v) is 8.36. The number of nitrogens with zero attached hydrogens (tertiary/aromatic N) is 1. The highest BCUT2D eigenvalue weighted by molar-refractivity contribution is 7.92. The number of halogens is 1. The van der Waals surface area contributed by atoms with Gasteiger partial charge in [-0.3, -0.25) is 9.10 Å². The van der Waals surface area contributed by atoms with Gasteiger partial charge in [0, 0.05) is 6.04 Å². The quantitative estimate of drug-likeness (QED) is 0.793. The van der Waals surface area contributed by atoms with Crippen LogP contribution in [0.2, 0.25) is 5.02 Å². The van der Waals surface area contributed by atoms with Crippen molar-refractivity contribution in [3.8, 4) is 5.75 Å². The lowest BCUT2D eigenvalue weighted by Gasteiger charge is -2.30. The zero-order chi connectivity index (χ0) is 18.7. The summed E-state index contributed by atoms with van der Waals surface area (Å²) < 4.78 is 30.6. The Morgan fingerprint density at radius 1 is 1.25 bits per heavy atom. The third-order valence-corrected chi connectivity index (χ3v) is 5.39. The van der Waals surface area contributed by atoms with Crippen LogP contribution in [0.1, 0.15) is 27.7 Å². The third kappa shape index (κ3) is 5.01. The predicted octanol–water partition coefficient (Wildman–Crippen LogP) is 2.66. The molecule has 0 aromatic heterocycles. The normalized spacial score (nSPS) is 14.2. The second-order valence-electron chi connectivity index (χ2n) is 6.09. The van der Waals surface area contributed by atoms with E-state index < -0.39 is 16.1 Å². The van der Waals surface area contributed by atoms with Gasteiger partial charge in [-0.15, -0.1) is 0 Å². The van der Waals surface area contributed by atoms with Crippen molar-refractivity contribution in [3.63, 3.8) is 0 Å². The van der Waals surface area contributed by atoms with Crippen molar-refractivity contribution in [2.45, 2.75) is 39.8 Å². The molecule has 6 nitrogen and oxygen atoms in total. The van der Waals surface area contributed by atoms with E-state index in [9.17, 15) is 13.2 Å². The maximum Gasteiger partial charge on any atom is 0.243 e. The second kappa shape index (κ2) is 8.07. The van der Waals surface area contributed by atoms with Crippen molar-refractivity contribution in [2.24, 2.45) is 5.92 Å². The molecule has 0 aliphatic carbocycles. The van der Waals surface area contributed by atoms with Gasteiger partial charge in [-0.2, -0.15) is 0 Å². The van der Waals surface area contributed by atoms with E-state index in [-0.39, 0.29) is 22.9 Å². The van der Waals surface area contributed by atoms with Gasteiger partial charge in [-0.1, -0.05) is 25.4 Å². The van der Waals surface area contributed by atoms with Crippen LogP contribution in [-0.2, 0) is 14.8 Å². The number of methoxy groups -OCH3 is 1. The molecule has 0 unspecified atom stereocenters. The van der Waals surface area contributed by atoms with Gasteiger partial charge in [0.15, 0.2) is 0 Å². The highest BCUT2D eigenvalue weighted by atomic mass is 35.5. The summed E-state index contributed by atoms with van der Waals surface area (Å²) in [7, 11) is -2.21. The number of hydrogen-bond donors (Lipinski definition) is 1. The molecule has 1 amide bonds. The van der Waals surface area contributed by atoms with Crippen molar-refractivity contribution in [1.29, 1.82) is 0 Å². The van der Waals surface area contributed by atoms with Crippen LogP contribution in [0.15, 0.2) is 18.2 Å². The summed E-state index contributed by atoms with van der Waals surface area (Å²) in [6.07, 6.45) is 1.06. The molecule has 8 heteroatoms. The number of rotatable bonds is 7. The highest BCUT2D eigenvalue weighted by Gasteiger charge is 2.30. The smallest absolute Gasteiger partial charge is 0.243 e. The maximum absolute atomic E-state index is 12.5. The summed E-state index contributed by atoms with van der Waals surface area (Å²) >= 11 is 6.09. The first kappa shape index (κ1) is 20.6. The Kier molecular flexibility index (Phi) is 6.92. The number of anilines is 1. The molecule has 0 saturated heterocycles. The third-order valence-electron chi connectivity index (χ3n) is 3.85. The van der Waals surface area contributed by atoms with Crippen LogP contribution in [0.5, 0.6) is 5.75 Å². The summed E-state index contributed by atoms with van der Waals surface area (Å²) in [6.45, 7) is 7.38. The van der Waals surface area contributed by atoms with Gasteiger partial charge < -0.3 is 10.1 Å². The van der Waals surface area contributed by atoms with Crippen molar-refractivity contribution in [1.82, 2.24) is 5.32 Å². The molecule has 0 bridgehead atoms. The van der Waals surface area contributed by atoms with Crippen molar-refractivity contribution in [3.05, 3.63) is 23.2 Å². The fraction of sp³-hybridized carbons (Fsp3) is 0.562. The summed E-state index contributed by atoms with van der Waals surface area (Å²) in [5, 5.41) is 3.11. The Morgan fingerprint density at radius 3 is 2.25 bits per heavy atom. The standard InChI is InChI=1S/C16H25ClN2O4S/c1-10(2)11(3)18-16(20)12(4)19(24(6,21)22)13-7-8-15(23-5)14(17)9-13/h7-12H,1-6H3,(H,18,20)/t11-,12-/m0/s1. The van der Waals surface area contributed by atoms with Crippen molar-refractivity contribution >= 4 is 33.2 Å². The first-order valence-corrected chi connectivity index (χ1v) is 9.85. The highest BCUT2D eigenvalue weighted by Crippen LogP contribution is 2.31. The number of amides is 1. The van der Waals surface area contributed by atoms with Crippen LogP contribution in [0.4, 0.5) is 5.69 Å². The summed E-state index contributed by atoms with van der Waals surface area (Å²) in [4.78, 5) is 12.5. The minimum Gasteiger partial charge on any atom is -0.495 e. The van der Waals surface area contributed by atoms with Crippen molar-refractivity contribution < 1.29 is 17.9 Å². The van der Waals surface area contributed by atoms with Gasteiger partial charge in [0.2, 0.25) is 15.9 Å². The van der Waals surface area contributed by atoms with Crippen LogP contribution in [0.3, 0.4) is 0 Å². The first-order chi connectivity index (χ1) is 11.0. The van der Waals surface area contributed by atoms with E-state index in [0.29, 0.717) is 11.4 Å². The SMILES string of the molecule is COc1ccc(N([C@@H](C)C(=O)N[C@@H](C)C(C)C)S(C)(=O)=O)cc1Cl. The number of carbonyl (C=O) groups is 1.